The highest BCUT2D eigenvalue weighted by Crippen LogP contribution is 2.24. The van der Waals surface area contributed by atoms with Gasteiger partial charge < -0.3 is 9.73 Å². The molecule has 0 fully saturated rings. The minimum absolute atomic E-state index is 0.114. The highest BCUT2D eigenvalue weighted by molar-refractivity contribution is 7.90. The lowest BCUT2D eigenvalue weighted by Crippen LogP contribution is -2.14. The van der Waals surface area contributed by atoms with Gasteiger partial charge in [0.25, 0.3) is 5.91 Å². The Bertz CT molecular complexity index is 1090. The molecule has 6 nitrogen and oxygen atoms in total. The Balaban J connectivity index is 1.82. The number of nitrogens with one attached hydrogen (secondary N) is 1. The molecule has 0 atom stereocenters. The third-order valence-corrected chi connectivity index (χ3v) is 5.41. The monoisotopic (exact) mass is 384 g/mol. The standard InChI is InChI=1S/C20H20N2O4S/c1-12-5-10-17(27(4,24)25)11-18(12)19(23)22-16-8-6-15(7-9-16)20-21-13(2)14(3)26-20/h5-11H,1-4H3,(H,22,23). The fraction of sp³-hybridized carbons (Fsp3) is 0.200. The average Bonchev–Trinajstić information content (AvgIpc) is 2.94. The van der Waals surface area contributed by atoms with Crippen molar-refractivity contribution in [3.8, 4) is 11.5 Å². The number of carbonyl (C=O) groups is 1. The Kier molecular flexibility index (Phi) is 4.89. The molecular formula is C20H20N2O4S. The van der Waals surface area contributed by atoms with E-state index in [4.69, 9.17) is 4.42 Å². The summed E-state index contributed by atoms with van der Waals surface area (Å²) in [6.07, 6.45) is 1.12. The summed E-state index contributed by atoms with van der Waals surface area (Å²) in [5, 5.41) is 2.79. The summed E-state index contributed by atoms with van der Waals surface area (Å²) in [7, 11) is -3.38. The minimum Gasteiger partial charge on any atom is -0.441 e. The molecule has 0 spiro atoms. The first-order valence-corrected chi connectivity index (χ1v) is 10.2. The zero-order valence-corrected chi connectivity index (χ0v) is 16.3. The summed E-state index contributed by atoms with van der Waals surface area (Å²) in [4.78, 5) is 17.0. The predicted molar refractivity (Wildman–Crippen MR) is 104 cm³/mol. The number of carbonyl (C=O) groups excluding carboxylic acids is 1. The molecule has 1 amide bonds. The number of benzene rings is 2. The lowest BCUT2D eigenvalue weighted by atomic mass is 10.1. The van der Waals surface area contributed by atoms with Gasteiger partial charge in [0.15, 0.2) is 9.84 Å². The van der Waals surface area contributed by atoms with Crippen molar-refractivity contribution in [3.05, 3.63) is 65.0 Å². The first kappa shape index (κ1) is 18.8. The van der Waals surface area contributed by atoms with Gasteiger partial charge in [-0.05, 0) is 62.7 Å². The van der Waals surface area contributed by atoms with Crippen LogP contribution in [0.1, 0.15) is 27.4 Å². The number of sulfone groups is 1. The largest absolute Gasteiger partial charge is 0.441 e. The number of aromatic nitrogens is 1. The fourth-order valence-electron chi connectivity index (χ4n) is 2.57. The third kappa shape index (κ3) is 4.09. The number of aryl methyl sites for hydroxylation is 3. The molecule has 3 rings (SSSR count). The van der Waals surface area contributed by atoms with Gasteiger partial charge >= 0.3 is 0 Å². The minimum atomic E-state index is -3.38. The van der Waals surface area contributed by atoms with Crippen LogP contribution in [0.2, 0.25) is 0 Å². The van der Waals surface area contributed by atoms with Crippen LogP contribution in [-0.4, -0.2) is 25.6 Å². The lowest BCUT2D eigenvalue weighted by Gasteiger charge is -2.09. The van der Waals surface area contributed by atoms with Gasteiger partial charge in [-0.2, -0.15) is 0 Å². The molecule has 27 heavy (non-hydrogen) atoms. The zero-order chi connectivity index (χ0) is 19.8. The van der Waals surface area contributed by atoms with Crippen molar-refractivity contribution in [2.75, 3.05) is 11.6 Å². The van der Waals surface area contributed by atoms with Crippen molar-refractivity contribution in [2.24, 2.45) is 0 Å². The summed E-state index contributed by atoms with van der Waals surface area (Å²) < 4.78 is 29.1. The number of anilines is 1. The molecule has 1 heterocycles. The number of nitrogens with zero attached hydrogens (tertiary/aromatic N) is 1. The van der Waals surface area contributed by atoms with Gasteiger partial charge in [0.05, 0.1) is 10.6 Å². The van der Waals surface area contributed by atoms with Crippen molar-refractivity contribution >= 4 is 21.4 Å². The van der Waals surface area contributed by atoms with Crippen LogP contribution in [0.3, 0.4) is 0 Å². The summed E-state index contributed by atoms with van der Waals surface area (Å²) in [5.74, 6) is 0.928. The number of hydrogen-bond acceptors (Lipinski definition) is 5. The van der Waals surface area contributed by atoms with Crippen LogP contribution in [0.4, 0.5) is 5.69 Å². The molecule has 0 bridgehead atoms. The van der Waals surface area contributed by atoms with E-state index < -0.39 is 9.84 Å². The van der Waals surface area contributed by atoms with Crippen LogP contribution >= 0.6 is 0 Å². The molecular weight excluding hydrogens is 364 g/mol. The molecule has 0 saturated carbocycles. The Labute approximate surface area is 158 Å². The Morgan fingerprint density at radius 3 is 2.26 bits per heavy atom. The molecule has 0 aliphatic carbocycles. The summed E-state index contributed by atoms with van der Waals surface area (Å²) in [6, 6.07) is 11.6. The summed E-state index contributed by atoms with van der Waals surface area (Å²) in [6.45, 7) is 5.49. The van der Waals surface area contributed by atoms with Gasteiger partial charge in [-0.25, -0.2) is 13.4 Å². The molecule has 1 N–H and O–H groups in total. The van der Waals surface area contributed by atoms with Crippen LogP contribution in [0.25, 0.3) is 11.5 Å². The smallest absolute Gasteiger partial charge is 0.255 e. The van der Waals surface area contributed by atoms with E-state index in [-0.39, 0.29) is 10.8 Å². The third-order valence-electron chi connectivity index (χ3n) is 4.30. The van der Waals surface area contributed by atoms with Crippen LogP contribution in [0.15, 0.2) is 51.8 Å². The van der Waals surface area contributed by atoms with Gasteiger partial charge in [-0.15, -0.1) is 0 Å². The van der Waals surface area contributed by atoms with Crippen molar-refractivity contribution in [1.29, 1.82) is 0 Å². The Hall–Kier alpha value is -2.93. The van der Waals surface area contributed by atoms with Gasteiger partial charge in [0, 0.05) is 23.1 Å². The Morgan fingerprint density at radius 1 is 1.04 bits per heavy atom. The molecule has 7 heteroatoms. The van der Waals surface area contributed by atoms with Crippen LogP contribution < -0.4 is 5.32 Å². The SMILES string of the molecule is Cc1ccc(S(C)(=O)=O)cc1C(=O)Nc1ccc(-c2nc(C)c(C)o2)cc1. The Morgan fingerprint density at radius 2 is 1.70 bits per heavy atom. The second kappa shape index (κ2) is 7.00. The fourth-order valence-corrected chi connectivity index (χ4v) is 3.21. The first-order chi connectivity index (χ1) is 12.6. The second-order valence-electron chi connectivity index (χ2n) is 6.44. The van der Waals surface area contributed by atoms with E-state index in [1.165, 1.54) is 12.1 Å². The second-order valence-corrected chi connectivity index (χ2v) is 8.46. The lowest BCUT2D eigenvalue weighted by molar-refractivity contribution is 0.102. The molecule has 0 aliphatic rings. The predicted octanol–water partition coefficient (Wildman–Crippen LogP) is 3.92. The summed E-state index contributed by atoms with van der Waals surface area (Å²) >= 11 is 0. The van der Waals surface area contributed by atoms with Gasteiger partial charge in [-0.1, -0.05) is 6.07 Å². The van der Waals surface area contributed by atoms with E-state index in [2.05, 4.69) is 10.3 Å². The number of hydrogen-bond donors (Lipinski definition) is 1. The molecule has 1 aromatic heterocycles. The molecule has 2 aromatic carbocycles. The van der Waals surface area contributed by atoms with E-state index in [0.717, 1.165) is 23.3 Å². The number of oxazole rings is 1. The molecule has 0 radical (unpaired) electrons. The molecule has 0 unspecified atom stereocenters. The van der Waals surface area contributed by atoms with Gasteiger partial charge in [0.2, 0.25) is 5.89 Å². The van der Waals surface area contributed by atoms with E-state index in [9.17, 15) is 13.2 Å². The van der Waals surface area contributed by atoms with Gasteiger partial charge in [0.1, 0.15) is 5.76 Å². The normalized spacial score (nSPS) is 11.4. The maximum absolute atomic E-state index is 12.6. The topological polar surface area (TPSA) is 89.3 Å². The maximum Gasteiger partial charge on any atom is 0.255 e. The quantitative estimate of drug-likeness (QED) is 0.736. The number of amides is 1. The molecule has 0 aliphatic heterocycles. The first-order valence-electron chi connectivity index (χ1n) is 8.31. The van der Waals surface area contributed by atoms with Crippen LogP contribution in [-0.2, 0) is 9.84 Å². The van der Waals surface area contributed by atoms with Crippen LogP contribution in [0.5, 0.6) is 0 Å². The van der Waals surface area contributed by atoms with Gasteiger partial charge in [-0.3, -0.25) is 4.79 Å². The van der Waals surface area contributed by atoms with E-state index in [1.54, 1.807) is 37.3 Å². The zero-order valence-electron chi connectivity index (χ0n) is 15.5. The van der Waals surface area contributed by atoms with Crippen molar-refractivity contribution < 1.29 is 17.6 Å². The highest BCUT2D eigenvalue weighted by Gasteiger charge is 2.15. The molecule has 140 valence electrons. The molecule has 3 aromatic rings. The van der Waals surface area contributed by atoms with Crippen molar-refractivity contribution in [1.82, 2.24) is 4.98 Å². The number of rotatable bonds is 4. The van der Waals surface area contributed by atoms with E-state index in [1.807, 2.05) is 13.8 Å². The molecule has 0 saturated heterocycles. The van der Waals surface area contributed by atoms with Crippen molar-refractivity contribution in [3.63, 3.8) is 0 Å². The average molecular weight is 384 g/mol. The van der Waals surface area contributed by atoms with Crippen LogP contribution in [0, 0.1) is 20.8 Å². The highest BCUT2D eigenvalue weighted by atomic mass is 32.2. The maximum atomic E-state index is 12.6. The van der Waals surface area contributed by atoms with Crippen molar-refractivity contribution in [2.45, 2.75) is 25.7 Å². The van der Waals surface area contributed by atoms with E-state index >= 15 is 0 Å². The summed E-state index contributed by atoms with van der Waals surface area (Å²) in [5.41, 5.74) is 3.25. The van der Waals surface area contributed by atoms with E-state index in [0.29, 0.717) is 22.7 Å².